The Bertz CT molecular complexity index is 915. The van der Waals surface area contributed by atoms with Gasteiger partial charge in [-0.15, -0.1) is 0 Å². The summed E-state index contributed by atoms with van der Waals surface area (Å²) in [6.45, 7) is 5.52. The van der Waals surface area contributed by atoms with E-state index in [0.29, 0.717) is 11.3 Å². The van der Waals surface area contributed by atoms with E-state index >= 15 is 0 Å². The highest BCUT2D eigenvalue weighted by Gasteiger charge is 2.52. The van der Waals surface area contributed by atoms with Crippen molar-refractivity contribution in [2.45, 2.75) is 19.4 Å². The highest BCUT2D eigenvalue weighted by molar-refractivity contribution is 5.41. The van der Waals surface area contributed by atoms with Gasteiger partial charge in [0.2, 0.25) is 0 Å². The molecule has 2 aliphatic heterocycles. The zero-order valence-corrected chi connectivity index (χ0v) is 16.8. The van der Waals surface area contributed by atoms with Crippen LogP contribution < -0.4 is 4.90 Å². The lowest BCUT2D eigenvalue weighted by Crippen LogP contribution is -2.35. The molecule has 2 aliphatic rings. The summed E-state index contributed by atoms with van der Waals surface area (Å²) in [6.07, 6.45) is 8.15. The number of benzene rings is 1. The largest absolute Gasteiger partial charge is 0.356 e. The number of anilines is 1. The molecule has 2 saturated heterocycles. The van der Waals surface area contributed by atoms with E-state index in [1.807, 2.05) is 30.7 Å². The van der Waals surface area contributed by atoms with Crippen LogP contribution in [0.5, 0.6) is 0 Å². The first-order chi connectivity index (χ1) is 14.3. The molecule has 5 rings (SSSR count). The van der Waals surface area contributed by atoms with Crippen molar-refractivity contribution in [3.63, 3.8) is 0 Å². The molecule has 0 bridgehead atoms. The van der Waals surface area contributed by atoms with Crippen molar-refractivity contribution in [2.75, 3.05) is 31.1 Å². The van der Waals surface area contributed by atoms with Crippen LogP contribution in [0, 0.1) is 11.3 Å². The fourth-order valence-corrected chi connectivity index (χ4v) is 5.27. The van der Waals surface area contributed by atoms with Crippen LogP contribution >= 0.6 is 0 Å². The standard InChI is InChI=1S/C25H28N4/c1-2-7-21(8-3-1)11-12-25-19-28(16-22-9-6-13-26-15-22)17-23(25)18-29(20-25)24-10-4-5-14-27-24/h1-10,13-15,23H,11-12,16-20H2. The molecule has 0 radical (unpaired) electrons. The number of hydrogen-bond acceptors (Lipinski definition) is 4. The molecule has 4 heteroatoms. The molecule has 0 N–H and O–H groups in total. The van der Waals surface area contributed by atoms with E-state index in [1.54, 1.807) is 0 Å². The normalized spacial score (nSPS) is 24.0. The zero-order valence-electron chi connectivity index (χ0n) is 16.8. The fraction of sp³-hybridized carbons (Fsp3) is 0.360. The summed E-state index contributed by atoms with van der Waals surface area (Å²) >= 11 is 0. The quantitative estimate of drug-likeness (QED) is 0.642. The number of rotatable bonds is 6. The summed E-state index contributed by atoms with van der Waals surface area (Å²) in [6, 6.07) is 21.4. The average Bonchev–Trinajstić information content (AvgIpc) is 3.28. The predicted octanol–water partition coefficient (Wildman–Crippen LogP) is 4.05. The van der Waals surface area contributed by atoms with Gasteiger partial charge in [0.05, 0.1) is 0 Å². The third-order valence-electron chi connectivity index (χ3n) is 6.69. The van der Waals surface area contributed by atoms with Crippen LogP contribution in [0.25, 0.3) is 0 Å². The van der Waals surface area contributed by atoms with E-state index in [9.17, 15) is 0 Å². The summed E-state index contributed by atoms with van der Waals surface area (Å²) in [5.41, 5.74) is 3.09. The Kier molecular flexibility index (Phi) is 5.03. The molecule has 148 valence electrons. The van der Waals surface area contributed by atoms with Gasteiger partial charge in [0.25, 0.3) is 0 Å². The lowest BCUT2D eigenvalue weighted by Gasteiger charge is -2.30. The molecule has 4 nitrogen and oxygen atoms in total. The Morgan fingerprint density at radius 1 is 0.862 bits per heavy atom. The van der Waals surface area contributed by atoms with Gasteiger partial charge >= 0.3 is 0 Å². The number of hydrogen-bond donors (Lipinski definition) is 0. The Balaban J connectivity index is 1.35. The van der Waals surface area contributed by atoms with Crippen LogP contribution in [-0.4, -0.2) is 41.0 Å². The molecule has 1 aromatic carbocycles. The van der Waals surface area contributed by atoms with Crippen molar-refractivity contribution in [3.8, 4) is 0 Å². The second-order valence-electron chi connectivity index (χ2n) is 8.64. The van der Waals surface area contributed by atoms with Crippen LogP contribution in [0.4, 0.5) is 5.82 Å². The molecular formula is C25H28N4. The average molecular weight is 385 g/mol. The molecule has 2 atom stereocenters. The predicted molar refractivity (Wildman–Crippen MR) is 117 cm³/mol. The number of nitrogens with zero attached hydrogens (tertiary/aromatic N) is 4. The van der Waals surface area contributed by atoms with Gasteiger partial charge in [-0.25, -0.2) is 4.98 Å². The van der Waals surface area contributed by atoms with E-state index in [4.69, 9.17) is 0 Å². The van der Waals surface area contributed by atoms with Crippen molar-refractivity contribution < 1.29 is 0 Å². The molecule has 4 heterocycles. The van der Waals surface area contributed by atoms with Gasteiger partial charge in [0.15, 0.2) is 0 Å². The van der Waals surface area contributed by atoms with E-state index in [2.05, 4.69) is 68.3 Å². The van der Waals surface area contributed by atoms with Gasteiger partial charge in [0, 0.05) is 56.7 Å². The van der Waals surface area contributed by atoms with E-state index in [0.717, 1.165) is 45.0 Å². The van der Waals surface area contributed by atoms with Crippen LogP contribution in [-0.2, 0) is 13.0 Å². The fourth-order valence-electron chi connectivity index (χ4n) is 5.27. The first-order valence-electron chi connectivity index (χ1n) is 10.6. The Morgan fingerprint density at radius 2 is 1.72 bits per heavy atom. The Hall–Kier alpha value is -2.72. The summed E-state index contributed by atoms with van der Waals surface area (Å²) in [5, 5.41) is 0. The topological polar surface area (TPSA) is 32.3 Å². The van der Waals surface area contributed by atoms with Gasteiger partial charge < -0.3 is 4.90 Å². The number of aryl methyl sites for hydroxylation is 1. The Labute approximate surface area is 173 Å². The summed E-state index contributed by atoms with van der Waals surface area (Å²) in [7, 11) is 0. The third-order valence-corrected chi connectivity index (χ3v) is 6.69. The van der Waals surface area contributed by atoms with Crippen LogP contribution in [0.1, 0.15) is 17.5 Å². The molecule has 2 unspecified atom stereocenters. The van der Waals surface area contributed by atoms with Gasteiger partial charge in [-0.2, -0.15) is 0 Å². The zero-order chi connectivity index (χ0) is 19.5. The molecular weight excluding hydrogens is 356 g/mol. The van der Waals surface area contributed by atoms with E-state index in [-0.39, 0.29) is 0 Å². The maximum Gasteiger partial charge on any atom is 0.128 e. The van der Waals surface area contributed by atoms with Crippen molar-refractivity contribution in [2.24, 2.45) is 11.3 Å². The van der Waals surface area contributed by atoms with Crippen molar-refractivity contribution in [3.05, 3.63) is 90.4 Å². The molecule has 0 amide bonds. The number of likely N-dealkylation sites (tertiary alicyclic amines) is 1. The van der Waals surface area contributed by atoms with E-state index in [1.165, 1.54) is 17.5 Å². The van der Waals surface area contributed by atoms with Gasteiger partial charge in [0.1, 0.15) is 5.82 Å². The molecule has 29 heavy (non-hydrogen) atoms. The second-order valence-corrected chi connectivity index (χ2v) is 8.64. The highest BCUT2D eigenvalue weighted by Crippen LogP contribution is 2.47. The van der Waals surface area contributed by atoms with Crippen LogP contribution in [0.3, 0.4) is 0 Å². The SMILES string of the molecule is c1ccc(CCC23CN(Cc4cccnc4)CC2CN(c2ccccn2)C3)cc1. The van der Waals surface area contributed by atoms with Crippen molar-refractivity contribution >= 4 is 5.82 Å². The lowest BCUT2D eigenvalue weighted by atomic mass is 9.76. The second kappa shape index (κ2) is 7.96. The molecule has 0 spiro atoms. The lowest BCUT2D eigenvalue weighted by molar-refractivity contribution is 0.240. The third kappa shape index (κ3) is 3.90. The van der Waals surface area contributed by atoms with Crippen molar-refractivity contribution in [1.82, 2.24) is 14.9 Å². The minimum Gasteiger partial charge on any atom is -0.356 e. The molecule has 2 aromatic heterocycles. The van der Waals surface area contributed by atoms with Crippen LogP contribution in [0.15, 0.2) is 79.3 Å². The van der Waals surface area contributed by atoms with E-state index < -0.39 is 0 Å². The van der Waals surface area contributed by atoms with Gasteiger partial charge in [-0.05, 0) is 48.1 Å². The summed E-state index contributed by atoms with van der Waals surface area (Å²) in [5.74, 6) is 1.81. The number of aromatic nitrogens is 2. The van der Waals surface area contributed by atoms with Crippen molar-refractivity contribution in [1.29, 1.82) is 0 Å². The Morgan fingerprint density at radius 3 is 2.52 bits per heavy atom. The monoisotopic (exact) mass is 384 g/mol. The maximum atomic E-state index is 4.63. The summed E-state index contributed by atoms with van der Waals surface area (Å²) < 4.78 is 0. The maximum absolute atomic E-state index is 4.63. The molecule has 0 saturated carbocycles. The highest BCUT2D eigenvalue weighted by atomic mass is 15.3. The molecule has 0 aliphatic carbocycles. The minimum absolute atomic E-state index is 0.329. The van der Waals surface area contributed by atoms with Gasteiger partial charge in [-0.1, -0.05) is 42.5 Å². The smallest absolute Gasteiger partial charge is 0.128 e. The summed E-state index contributed by atoms with van der Waals surface area (Å²) in [4.78, 5) is 14.1. The first kappa shape index (κ1) is 18.3. The first-order valence-corrected chi connectivity index (χ1v) is 10.6. The number of fused-ring (bicyclic) bond motifs is 1. The molecule has 3 aromatic rings. The number of pyridine rings is 2. The minimum atomic E-state index is 0.329. The molecule has 2 fully saturated rings. The van der Waals surface area contributed by atoms with Gasteiger partial charge in [-0.3, -0.25) is 9.88 Å². The van der Waals surface area contributed by atoms with Crippen LogP contribution in [0.2, 0.25) is 0 Å².